The molecule has 0 saturated carbocycles. The van der Waals surface area contributed by atoms with Crippen molar-refractivity contribution in [1.29, 1.82) is 0 Å². The summed E-state index contributed by atoms with van der Waals surface area (Å²) in [6.07, 6.45) is -3.59. The quantitative estimate of drug-likeness (QED) is 0.695. The van der Waals surface area contributed by atoms with Gasteiger partial charge in [0.05, 0.1) is 10.9 Å². The topological polar surface area (TPSA) is 58.6 Å². The first-order chi connectivity index (χ1) is 13.1. The molecular formula is C19H23Cl2F3N2O3S. The van der Waals surface area contributed by atoms with E-state index >= 15 is 0 Å². The van der Waals surface area contributed by atoms with Crippen LogP contribution in [0.25, 0.3) is 0 Å². The van der Waals surface area contributed by atoms with Crippen LogP contribution in [0.15, 0.2) is 53.4 Å². The third kappa shape index (κ3) is 7.02. The molecule has 1 heterocycles. The van der Waals surface area contributed by atoms with Crippen LogP contribution >= 0.6 is 24.8 Å². The van der Waals surface area contributed by atoms with E-state index < -0.39 is 16.2 Å². The highest BCUT2D eigenvalue weighted by Gasteiger charge is 2.31. The fourth-order valence-corrected chi connectivity index (χ4v) is 3.93. The van der Waals surface area contributed by atoms with Gasteiger partial charge in [-0.2, -0.15) is 0 Å². The summed E-state index contributed by atoms with van der Waals surface area (Å²) >= 11 is 0. The Bertz CT molecular complexity index is 902. The SMILES string of the molecule is CS(=O)(=O)c1ccc([C@H](c2ccc(OC(F)(F)F)cc2)N2CCNCC2)cc1.Cl.Cl. The number of nitrogens with one attached hydrogen (secondary N) is 1. The van der Waals surface area contributed by atoms with Crippen molar-refractivity contribution >= 4 is 34.7 Å². The van der Waals surface area contributed by atoms with Crippen molar-refractivity contribution in [1.82, 2.24) is 10.2 Å². The number of piperazine rings is 1. The molecule has 0 bridgehead atoms. The summed E-state index contributed by atoms with van der Waals surface area (Å²) in [4.78, 5) is 2.44. The fourth-order valence-electron chi connectivity index (χ4n) is 3.30. The second kappa shape index (κ2) is 10.7. The van der Waals surface area contributed by atoms with Crippen molar-refractivity contribution < 1.29 is 26.3 Å². The monoisotopic (exact) mass is 486 g/mol. The summed E-state index contributed by atoms with van der Waals surface area (Å²) in [6.45, 7) is 3.12. The minimum absolute atomic E-state index is 0. The molecule has 30 heavy (non-hydrogen) atoms. The van der Waals surface area contributed by atoms with E-state index in [1.54, 1.807) is 36.4 Å². The van der Waals surface area contributed by atoms with Crippen LogP contribution in [-0.2, 0) is 9.84 Å². The Hall–Kier alpha value is -1.52. The molecule has 0 radical (unpaired) electrons. The molecule has 1 fully saturated rings. The van der Waals surface area contributed by atoms with Gasteiger partial charge in [-0.25, -0.2) is 8.42 Å². The molecule has 3 rings (SSSR count). The van der Waals surface area contributed by atoms with Crippen molar-refractivity contribution in [3.05, 3.63) is 59.7 Å². The van der Waals surface area contributed by atoms with Crippen molar-refractivity contribution in [3.63, 3.8) is 0 Å². The van der Waals surface area contributed by atoms with Crippen LogP contribution < -0.4 is 10.1 Å². The first kappa shape index (κ1) is 26.5. The van der Waals surface area contributed by atoms with Gasteiger partial charge >= 0.3 is 6.36 Å². The van der Waals surface area contributed by atoms with E-state index in [9.17, 15) is 21.6 Å². The number of hydrogen-bond acceptors (Lipinski definition) is 5. The van der Waals surface area contributed by atoms with Crippen molar-refractivity contribution in [2.45, 2.75) is 17.3 Å². The Morgan fingerprint density at radius 1 is 0.933 bits per heavy atom. The van der Waals surface area contributed by atoms with Crippen molar-refractivity contribution in [2.75, 3.05) is 32.4 Å². The summed E-state index contributed by atoms with van der Waals surface area (Å²) in [6, 6.07) is 12.2. The van der Waals surface area contributed by atoms with E-state index in [2.05, 4.69) is 15.0 Å². The minimum Gasteiger partial charge on any atom is -0.406 e. The Kier molecular flexibility index (Phi) is 9.44. The average molecular weight is 487 g/mol. The second-order valence-electron chi connectivity index (χ2n) is 6.65. The molecule has 2 aromatic rings. The summed E-state index contributed by atoms with van der Waals surface area (Å²) < 4.78 is 64.6. The molecule has 1 aliphatic heterocycles. The van der Waals surface area contributed by atoms with Gasteiger partial charge in [-0.05, 0) is 35.4 Å². The lowest BCUT2D eigenvalue weighted by Crippen LogP contribution is -2.45. The predicted molar refractivity (Wildman–Crippen MR) is 113 cm³/mol. The summed E-state index contributed by atoms with van der Waals surface area (Å²) in [5, 5.41) is 3.27. The number of alkyl halides is 3. The van der Waals surface area contributed by atoms with E-state index in [1.807, 2.05) is 0 Å². The zero-order valence-corrected chi connectivity index (χ0v) is 18.5. The van der Waals surface area contributed by atoms with E-state index in [0.717, 1.165) is 43.6 Å². The van der Waals surface area contributed by atoms with Gasteiger partial charge in [0.25, 0.3) is 0 Å². The second-order valence-corrected chi connectivity index (χ2v) is 8.66. The third-order valence-electron chi connectivity index (χ3n) is 4.57. The Morgan fingerprint density at radius 3 is 1.83 bits per heavy atom. The summed E-state index contributed by atoms with van der Waals surface area (Å²) in [5.41, 5.74) is 1.68. The molecule has 2 aromatic carbocycles. The van der Waals surface area contributed by atoms with E-state index in [1.165, 1.54) is 12.1 Å². The maximum absolute atomic E-state index is 12.4. The van der Waals surface area contributed by atoms with Gasteiger partial charge in [0, 0.05) is 32.4 Å². The molecule has 11 heteroatoms. The van der Waals surface area contributed by atoms with Crippen molar-refractivity contribution in [2.24, 2.45) is 0 Å². The molecule has 0 unspecified atom stereocenters. The number of ether oxygens (including phenoxy) is 1. The maximum Gasteiger partial charge on any atom is 0.573 e. The zero-order valence-electron chi connectivity index (χ0n) is 16.1. The minimum atomic E-state index is -4.74. The molecule has 1 aliphatic rings. The number of halogens is 5. The van der Waals surface area contributed by atoms with Crippen LogP contribution in [0, 0.1) is 0 Å². The Balaban J connectivity index is 0.00000225. The van der Waals surface area contributed by atoms with Crippen LogP contribution in [0.2, 0.25) is 0 Å². The molecule has 0 aromatic heterocycles. The van der Waals surface area contributed by atoms with Gasteiger partial charge in [0.2, 0.25) is 0 Å². The molecule has 1 saturated heterocycles. The van der Waals surface area contributed by atoms with Gasteiger partial charge in [0.15, 0.2) is 9.84 Å². The normalized spacial score (nSPS) is 16.1. The smallest absolute Gasteiger partial charge is 0.406 e. The van der Waals surface area contributed by atoms with Crippen molar-refractivity contribution in [3.8, 4) is 5.75 Å². The summed E-state index contributed by atoms with van der Waals surface area (Å²) in [7, 11) is -3.30. The van der Waals surface area contributed by atoms with E-state index in [4.69, 9.17) is 0 Å². The number of hydrogen-bond donors (Lipinski definition) is 1. The van der Waals surface area contributed by atoms with E-state index in [-0.39, 0.29) is 41.5 Å². The lowest BCUT2D eigenvalue weighted by atomic mass is 9.96. The number of rotatable bonds is 5. The van der Waals surface area contributed by atoms with Gasteiger partial charge in [-0.3, -0.25) is 4.90 Å². The molecule has 168 valence electrons. The van der Waals surface area contributed by atoms with Crippen LogP contribution in [-0.4, -0.2) is 52.1 Å². The highest BCUT2D eigenvalue weighted by molar-refractivity contribution is 7.90. The highest BCUT2D eigenvalue weighted by Crippen LogP contribution is 2.32. The van der Waals surface area contributed by atoms with E-state index in [0.29, 0.717) is 0 Å². The lowest BCUT2D eigenvalue weighted by molar-refractivity contribution is -0.274. The van der Waals surface area contributed by atoms with Crippen LogP contribution in [0.5, 0.6) is 5.75 Å². The molecule has 0 amide bonds. The van der Waals surface area contributed by atoms with Gasteiger partial charge in [0.1, 0.15) is 5.75 Å². The molecule has 5 nitrogen and oxygen atoms in total. The third-order valence-corrected chi connectivity index (χ3v) is 5.70. The largest absolute Gasteiger partial charge is 0.573 e. The Labute approximate surface area is 186 Å². The van der Waals surface area contributed by atoms with Crippen LogP contribution in [0.1, 0.15) is 17.2 Å². The number of benzene rings is 2. The fraction of sp³-hybridized carbons (Fsp3) is 0.368. The number of sulfone groups is 1. The lowest BCUT2D eigenvalue weighted by Gasteiger charge is -2.35. The Morgan fingerprint density at radius 2 is 1.40 bits per heavy atom. The molecule has 1 N–H and O–H groups in total. The first-order valence-corrected chi connectivity index (χ1v) is 10.6. The summed E-state index contributed by atoms with van der Waals surface area (Å²) in [5.74, 6) is -0.275. The standard InChI is InChI=1S/C19H21F3N2O3S.2ClH/c1-28(25,26)17-8-4-15(5-9-17)18(24-12-10-23-11-13-24)14-2-6-16(7-3-14)27-19(20,21)22;;/h2-9,18,23H,10-13H2,1H3;2*1H/t18-;;/m0../s1. The van der Waals surface area contributed by atoms with Gasteiger partial charge in [-0.15, -0.1) is 38.0 Å². The van der Waals surface area contributed by atoms with Crippen LogP contribution in [0.4, 0.5) is 13.2 Å². The zero-order chi connectivity index (χ0) is 20.4. The van der Waals surface area contributed by atoms with Crippen LogP contribution in [0.3, 0.4) is 0 Å². The van der Waals surface area contributed by atoms with Gasteiger partial charge in [-0.1, -0.05) is 24.3 Å². The average Bonchev–Trinajstić information content (AvgIpc) is 2.63. The van der Waals surface area contributed by atoms with Gasteiger partial charge < -0.3 is 10.1 Å². The number of nitrogens with zero attached hydrogens (tertiary/aromatic N) is 1. The maximum atomic E-state index is 12.4. The molecular weight excluding hydrogens is 464 g/mol. The molecule has 0 spiro atoms. The highest BCUT2D eigenvalue weighted by atomic mass is 35.5. The first-order valence-electron chi connectivity index (χ1n) is 8.74. The molecule has 0 aliphatic carbocycles. The predicted octanol–water partition coefficient (Wildman–Crippen LogP) is 3.83. The molecule has 1 atom stereocenters.